The van der Waals surface area contributed by atoms with E-state index in [1.807, 2.05) is 0 Å². The van der Waals surface area contributed by atoms with E-state index in [1.165, 1.54) is 13.8 Å². The summed E-state index contributed by atoms with van der Waals surface area (Å²) >= 11 is 0. The molecular formula is C4H9BN2O2. The smallest absolute Gasteiger partial charge is 0.355 e. The second kappa shape index (κ2) is 3.94. The van der Waals surface area contributed by atoms with Crippen LogP contribution in [0.4, 0.5) is 0 Å². The molecule has 2 amide bonds. The maximum atomic E-state index is 10.2. The van der Waals surface area contributed by atoms with Crippen LogP contribution < -0.4 is 10.5 Å². The molecule has 0 aromatic rings. The highest BCUT2D eigenvalue weighted by Gasteiger charge is 1.93. The minimum absolute atomic E-state index is 0.149. The van der Waals surface area contributed by atoms with Gasteiger partial charge < -0.3 is 10.5 Å². The van der Waals surface area contributed by atoms with Gasteiger partial charge in [0.1, 0.15) is 0 Å². The minimum Gasteiger partial charge on any atom is -0.383 e. The van der Waals surface area contributed by atoms with Crippen molar-refractivity contribution in [3.63, 3.8) is 0 Å². The molecule has 5 heteroatoms. The van der Waals surface area contributed by atoms with Crippen LogP contribution in [0.25, 0.3) is 0 Å². The van der Waals surface area contributed by atoms with E-state index in [1.54, 1.807) is 0 Å². The summed E-state index contributed by atoms with van der Waals surface area (Å²) in [6.45, 7) is 2.78. The molecule has 0 unspecified atom stereocenters. The molecule has 0 atom stereocenters. The van der Waals surface area contributed by atoms with E-state index in [0.29, 0.717) is 0 Å². The van der Waals surface area contributed by atoms with E-state index in [2.05, 4.69) is 10.5 Å². The first-order valence-electron chi connectivity index (χ1n) is 2.62. The lowest BCUT2D eigenvalue weighted by atomic mass is 10.2. The summed E-state index contributed by atoms with van der Waals surface area (Å²) in [6.07, 6.45) is 0. The van der Waals surface area contributed by atoms with Crippen molar-refractivity contribution in [2.75, 3.05) is 0 Å². The number of hydrogen-bond donors (Lipinski definition) is 2. The molecule has 0 aliphatic rings. The molecule has 0 saturated heterocycles. The molecule has 0 aromatic heterocycles. The Labute approximate surface area is 54.3 Å². The van der Waals surface area contributed by atoms with Gasteiger partial charge in [0.05, 0.1) is 0 Å². The van der Waals surface area contributed by atoms with Gasteiger partial charge in [-0.3, -0.25) is 9.59 Å². The van der Waals surface area contributed by atoms with Crippen molar-refractivity contribution in [2.24, 2.45) is 0 Å². The van der Waals surface area contributed by atoms with Crippen LogP contribution in [-0.4, -0.2) is 19.4 Å². The summed E-state index contributed by atoms with van der Waals surface area (Å²) in [5, 5.41) is 4.81. The molecule has 0 radical (unpaired) electrons. The van der Waals surface area contributed by atoms with Gasteiger partial charge in [0.15, 0.2) is 0 Å². The van der Waals surface area contributed by atoms with E-state index in [-0.39, 0.29) is 19.4 Å². The van der Waals surface area contributed by atoms with E-state index >= 15 is 0 Å². The monoisotopic (exact) mass is 128 g/mol. The van der Waals surface area contributed by atoms with Gasteiger partial charge in [-0.2, -0.15) is 0 Å². The Morgan fingerprint density at radius 2 is 1.44 bits per heavy atom. The van der Waals surface area contributed by atoms with E-state index < -0.39 is 0 Å². The quantitative estimate of drug-likeness (QED) is 0.445. The van der Waals surface area contributed by atoms with Gasteiger partial charge in [0.25, 0.3) is 0 Å². The zero-order valence-electron chi connectivity index (χ0n) is 5.52. The maximum absolute atomic E-state index is 10.2. The fourth-order valence-corrected chi connectivity index (χ4v) is 0.293. The molecular weight excluding hydrogens is 119 g/mol. The predicted octanol–water partition coefficient (Wildman–Crippen LogP) is -1.47. The van der Waals surface area contributed by atoms with Crippen molar-refractivity contribution in [3.05, 3.63) is 0 Å². The number of carbonyl (C=O) groups is 2. The molecule has 9 heavy (non-hydrogen) atoms. The van der Waals surface area contributed by atoms with Crippen LogP contribution in [0.3, 0.4) is 0 Å². The average molecular weight is 128 g/mol. The Kier molecular flexibility index (Phi) is 3.51. The third-order valence-corrected chi connectivity index (χ3v) is 0.675. The van der Waals surface area contributed by atoms with Crippen molar-refractivity contribution in [3.8, 4) is 0 Å². The molecule has 4 nitrogen and oxygen atoms in total. The molecule has 0 heterocycles. The van der Waals surface area contributed by atoms with Crippen LogP contribution in [0.2, 0.25) is 0 Å². The van der Waals surface area contributed by atoms with Gasteiger partial charge >= 0.3 is 7.55 Å². The Balaban J connectivity index is 3.10. The van der Waals surface area contributed by atoms with Crippen LogP contribution in [0.15, 0.2) is 0 Å². The molecule has 0 rings (SSSR count). The van der Waals surface area contributed by atoms with E-state index in [4.69, 9.17) is 0 Å². The molecule has 0 saturated carbocycles. The molecule has 0 bridgehead atoms. The molecule has 0 aromatic carbocycles. The third kappa shape index (κ3) is 7.00. The van der Waals surface area contributed by atoms with E-state index in [0.717, 1.165) is 0 Å². The lowest BCUT2D eigenvalue weighted by molar-refractivity contribution is -0.117. The van der Waals surface area contributed by atoms with Crippen molar-refractivity contribution in [1.82, 2.24) is 10.5 Å². The maximum Gasteiger partial charge on any atom is 0.355 e. The third-order valence-electron chi connectivity index (χ3n) is 0.675. The molecule has 2 N–H and O–H groups in total. The molecule has 0 fully saturated rings. The van der Waals surface area contributed by atoms with Crippen LogP contribution >= 0.6 is 0 Å². The second-order valence-electron chi connectivity index (χ2n) is 1.64. The first kappa shape index (κ1) is 8.00. The van der Waals surface area contributed by atoms with Crippen LogP contribution in [0.1, 0.15) is 13.8 Å². The molecule has 50 valence electrons. The predicted molar refractivity (Wildman–Crippen MR) is 34.8 cm³/mol. The summed E-state index contributed by atoms with van der Waals surface area (Å²) in [4.78, 5) is 20.3. The van der Waals surface area contributed by atoms with Crippen molar-refractivity contribution in [2.45, 2.75) is 13.8 Å². The number of nitrogens with one attached hydrogen (secondary N) is 2. The van der Waals surface area contributed by atoms with Gasteiger partial charge in [-0.1, -0.05) is 0 Å². The lowest BCUT2D eigenvalue weighted by Crippen LogP contribution is -2.38. The standard InChI is InChI=1S/C4H9BN2O2/c1-3(8)6-5-7-4(2)9/h5H,1-2H3,(H,6,8)(H,7,9). The second-order valence-corrected chi connectivity index (χ2v) is 1.64. The number of rotatable bonds is 2. The largest absolute Gasteiger partial charge is 0.383 e. The lowest BCUT2D eigenvalue weighted by Gasteiger charge is -1.97. The average Bonchev–Trinajstić information content (AvgIpc) is 1.63. The summed E-state index contributed by atoms with van der Waals surface area (Å²) in [5.74, 6) is -0.299. The molecule has 0 aliphatic heterocycles. The number of amides is 2. The van der Waals surface area contributed by atoms with E-state index in [9.17, 15) is 9.59 Å². The minimum atomic E-state index is -0.149. The molecule has 0 spiro atoms. The normalized spacial score (nSPS) is 7.78. The summed E-state index contributed by atoms with van der Waals surface area (Å²) in [6, 6.07) is 0. The van der Waals surface area contributed by atoms with Crippen LogP contribution in [0, 0.1) is 0 Å². The first-order chi connectivity index (χ1) is 4.13. The fourth-order valence-electron chi connectivity index (χ4n) is 0.293. The van der Waals surface area contributed by atoms with Crippen molar-refractivity contribution >= 4 is 19.4 Å². The van der Waals surface area contributed by atoms with Crippen LogP contribution in [0.5, 0.6) is 0 Å². The number of carbonyl (C=O) groups excluding carboxylic acids is 2. The Hall–Kier alpha value is -0.995. The summed E-state index contributed by atoms with van der Waals surface area (Å²) < 4.78 is 0. The van der Waals surface area contributed by atoms with Crippen LogP contribution in [-0.2, 0) is 9.59 Å². The summed E-state index contributed by atoms with van der Waals surface area (Å²) in [5.41, 5.74) is 0. The topological polar surface area (TPSA) is 58.2 Å². The van der Waals surface area contributed by atoms with Gasteiger partial charge in [-0.05, 0) is 0 Å². The fraction of sp³-hybridized carbons (Fsp3) is 0.500. The van der Waals surface area contributed by atoms with Crippen molar-refractivity contribution in [1.29, 1.82) is 0 Å². The highest BCUT2D eigenvalue weighted by Crippen LogP contribution is 1.55. The Morgan fingerprint density at radius 1 is 1.11 bits per heavy atom. The Morgan fingerprint density at radius 3 is 1.67 bits per heavy atom. The molecule has 0 aliphatic carbocycles. The van der Waals surface area contributed by atoms with Gasteiger partial charge in [0.2, 0.25) is 11.8 Å². The zero-order chi connectivity index (χ0) is 7.28. The van der Waals surface area contributed by atoms with Crippen molar-refractivity contribution < 1.29 is 9.59 Å². The Bertz CT molecular complexity index is 112. The highest BCUT2D eigenvalue weighted by molar-refractivity contribution is 6.38. The first-order valence-corrected chi connectivity index (χ1v) is 2.62. The van der Waals surface area contributed by atoms with Gasteiger partial charge in [-0.25, -0.2) is 0 Å². The SMILES string of the molecule is CC(=O)NBNC(C)=O. The zero-order valence-corrected chi connectivity index (χ0v) is 5.52. The highest BCUT2D eigenvalue weighted by atomic mass is 16.2. The van der Waals surface area contributed by atoms with Gasteiger partial charge in [0, 0.05) is 13.8 Å². The van der Waals surface area contributed by atoms with Gasteiger partial charge in [-0.15, -0.1) is 0 Å². The number of hydrogen-bond acceptors (Lipinski definition) is 2. The summed E-state index contributed by atoms with van der Waals surface area (Å²) in [7, 11) is 0.213.